The monoisotopic (exact) mass is 591 g/mol. The van der Waals surface area contributed by atoms with Gasteiger partial charge in [0.2, 0.25) is 5.60 Å². The number of carbonyl (C=O) groups excluding carboxylic acids is 3. The van der Waals surface area contributed by atoms with Gasteiger partial charge in [0.1, 0.15) is 17.8 Å². The first kappa shape index (κ1) is 29.3. The number of carbonyl (C=O) groups is 4. The predicted octanol–water partition coefficient (Wildman–Crippen LogP) is -3.10. The molecule has 3 atom stereocenters. The summed E-state index contributed by atoms with van der Waals surface area (Å²) in [5.74, 6) is -3.99. The van der Waals surface area contributed by atoms with Crippen LogP contribution < -0.4 is 22.5 Å². The fourth-order valence-electron chi connectivity index (χ4n) is 3.40. The Labute approximate surface area is 224 Å². The Hall–Kier alpha value is -4.24. The predicted molar refractivity (Wildman–Crippen MR) is 132 cm³/mol. The third-order valence-corrected chi connectivity index (χ3v) is 7.02. The number of thiazole rings is 1. The minimum Gasteiger partial charge on any atom is -0.478 e. The number of aliphatic imine (C=N–C) groups is 1. The minimum atomic E-state index is -5.08. The van der Waals surface area contributed by atoms with Crippen molar-refractivity contribution in [2.45, 2.75) is 37.6 Å². The molecule has 214 valence electrons. The summed E-state index contributed by atoms with van der Waals surface area (Å²) in [5.41, 5.74) is 13.6. The van der Waals surface area contributed by atoms with Gasteiger partial charge in [0.15, 0.2) is 16.8 Å². The topological polar surface area (TPSA) is 296 Å². The molecule has 2 saturated heterocycles. The van der Waals surface area contributed by atoms with Gasteiger partial charge in [-0.2, -0.15) is 8.42 Å². The second kappa shape index (κ2) is 10.9. The molecule has 3 heterocycles. The SMILES string of the molecule is CC(C)(O/N=C(\C(=O)NC1C(=O)N(S(=O)(=O)O)[C@H]1CN1CC(CN=C(N)N)OC1=O)c1csc(N)n1)C(=O)O. The number of aromatic nitrogens is 1. The summed E-state index contributed by atoms with van der Waals surface area (Å²) in [6.45, 7) is 1.67. The lowest BCUT2D eigenvalue weighted by molar-refractivity contribution is -0.161. The fraction of sp³-hybridized carbons (Fsp3) is 0.500. The zero-order valence-corrected chi connectivity index (χ0v) is 22.0. The summed E-state index contributed by atoms with van der Waals surface area (Å²) >= 11 is 0.924. The number of β-lactam (4-membered cyclic amide) rings is 1. The molecule has 2 unspecified atom stereocenters. The van der Waals surface area contributed by atoms with Crippen molar-refractivity contribution in [3.63, 3.8) is 0 Å². The van der Waals surface area contributed by atoms with Gasteiger partial charge in [0, 0.05) is 11.9 Å². The second-order valence-electron chi connectivity index (χ2n) is 8.72. The van der Waals surface area contributed by atoms with Crippen LogP contribution in [0.1, 0.15) is 19.5 Å². The maximum Gasteiger partial charge on any atom is 0.410 e. The van der Waals surface area contributed by atoms with Crippen molar-refractivity contribution in [3.05, 3.63) is 11.1 Å². The first-order valence-corrected chi connectivity index (χ1v) is 13.1. The normalized spacial score (nSPS) is 21.7. The van der Waals surface area contributed by atoms with Gasteiger partial charge in [-0.25, -0.2) is 23.9 Å². The van der Waals surface area contributed by atoms with E-state index in [0.717, 1.165) is 30.1 Å². The molecule has 21 heteroatoms. The highest BCUT2D eigenvalue weighted by Gasteiger charge is 2.55. The molecule has 0 spiro atoms. The van der Waals surface area contributed by atoms with E-state index in [1.54, 1.807) is 0 Å². The Morgan fingerprint density at radius 2 is 2.03 bits per heavy atom. The summed E-state index contributed by atoms with van der Waals surface area (Å²) in [6, 6.07) is -3.03. The molecule has 0 aliphatic carbocycles. The lowest BCUT2D eigenvalue weighted by Gasteiger charge is -2.45. The third kappa shape index (κ3) is 6.61. The van der Waals surface area contributed by atoms with Crippen molar-refractivity contribution in [2.24, 2.45) is 21.6 Å². The number of hydrogen-bond donors (Lipinski definition) is 6. The lowest BCUT2D eigenvalue weighted by atomic mass is 9.97. The van der Waals surface area contributed by atoms with Crippen LogP contribution in [0, 0.1) is 0 Å². The van der Waals surface area contributed by atoms with Crippen LogP contribution in [0.25, 0.3) is 0 Å². The number of ether oxygens (including phenoxy) is 1. The Morgan fingerprint density at radius 3 is 2.56 bits per heavy atom. The minimum absolute atomic E-state index is 0.0287. The maximum absolute atomic E-state index is 13.1. The van der Waals surface area contributed by atoms with E-state index in [9.17, 15) is 37.3 Å². The number of nitrogen functional groups attached to an aromatic ring is 1. The highest BCUT2D eigenvalue weighted by molar-refractivity contribution is 7.84. The second-order valence-corrected chi connectivity index (χ2v) is 10.9. The van der Waals surface area contributed by atoms with Gasteiger partial charge < -0.3 is 42.1 Å². The molecular formula is C18H25N9O10S2. The number of anilines is 1. The van der Waals surface area contributed by atoms with Crippen molar-refractivity contribution in [1.29, 1.82) is 0 Å². The molecule has 0 saturated carbocycles. The molecule has 1 aromatic rings. The molecule has 2 aliphatic rings. The first-order valence-electron chi connectivity index (χ1n) is 10.8. The van der Waals surface area contributed by atoms with Gasteiger partial charge in [-0.15, -0.1) is 11.3 Å². The van der Waals surface area contributed by atoms with Crippen LogP contribution in [0.5, 0.6) is 0 Å². The maximum atomic E-state index is 13.1. The molecule has 0 aromatic carbocycles. The number of nitrogens with zero attached hydrogens (tertiary/aromatic N) is 5. The standard InChI is InChI=1S/C18H25N9O10S2/c1-18(2,14(30)31)37-25-10(8-6-38-16(21)23-8)12(28)24-11-9(27(13(11)29)39(33,34)35)5-26-4-7(36-17(26)32)3-22-15(19)20/h6-7,9,11H,3-5H2,1-2H3,(H2,21,23)(H,24,28)(H,30,31)(H4,19,20,22)(H,33,34,35)/b25-10-/t7?,9-,11?/m0/s1. The van der Waals surface area contributed by atoms with Gasteiger partial charge in [0.05, 0.1) is 19.1 Å². The zero-order chi connectivity index (χ0) is 29.3. The zero-order valence-electron chi connectivity index (χ0n) is 20.4. The van der Waals surface area contributed by atoms with E-state index in [1.165, 1.54) is 5.38 Å². The molecule has 3 amide bonds. The van der Waals surface area contributed by atoms with Gasteiger partial charge in [-0.05, 0) is 13.8 Å². The average molecular weight is 592 g/mol. The molecule has 0 radical (unpaired) electrons. The quantitative estimate of drug-likeness (QED) is 0.0488. The van der Waals surface area contributed by atoms with E-state index in [-0.39, 0.29) is 34.2 Å². The van der Waals surface area contributed by atoms with Crippen molar-refractivity contribution < 1.29 is 46.8 Å². The molecule has 1 aromatic heterocycles. The van der Waals surface area contributed by atoms with Gasteiger partial charge in [-0.1, -0.05) is 5.16 Å². The Kier molecular flexibility index (Phi) is 8.16. The number of cyclic esters (lactones) is 1. The van der Waals surface area contributed by atoms with Crippen molar-refractivity contribution in [2.75, 3.05) is 25.4 Å². The molecule has 2 fully saturated rings. The highest BCUT2D eigenvalue weighted by Crippen LogP contribution is 2.27. The van der Waals surface area contributed by atoms with E-state index >= 15 is 0 Å². The summed E-state index contributed by atoms with van der Waals surface area (Å²) < 4.78 is 38.4. The number of amides is 3. The van der Waals surface area contributed by atoms with Crippen LogP contribution in [0.15, 0.2) is 15.5 Å². The van der Waals surface area contributed by atoms with Crippen LogP contribution in [0.2, 0.25) is 0 Å². The van der Waals surface area contributed by atoms with Gasteiger partial charge >= 0.3 is 22.4 Å². The number of oxime groups is 1. The molecule has 3 rings (SSSR count). The van der Waals surface area contributed by atoms with Crippen molar-refractivity contribution in [3.8, 4) is 0 Å². The molecule has 2 aliphatic heterocycles. The number of guanidine groups is 1. The number of carboxylic acids is 1. The average Bonchev–Trinajstić information content (AvgIpc) is 3.39. The number of rotatable bonds is 11. The van der Waals surface area contributed by atoms with Crippen LogP contribution >= 0.6 is 11.3 Å². The molecule has 0 bridgehead atoms. The number of carboxylic acid groups (broad SMARTS) is 1. The lowest BCUT2D eigenvalue weighted by Crippen LogP contribution is -2.74. The Balaban J connectivity index is 1.84. The van der Waals surface area contributed by atoms with Crippen molar-refractivity contribution >= 4 is 62.3 Å². The Morgan fingerprint density at radius 1 is 1.36 bits per heavy atom. The van der Waals surface area contributed by atoms with Crippen LogP contribution in [-0.4, -0.2) is 111 Å². The van der Waals surface area contributed by atoms with Gasteiger partial charge in [0.25, 0.3) is 11.8 Å². The van der Waals surface area contributed by atoms with E-state index < -0.39 is 70.2 Å². The van der Waals surface area contributed by atoms with Crippen LogP contribution in [0.3, 0.4) is 0 Å². The van der Waals surface area contributed by atoms with E-state index in [4.69, 9.17) is 26.8 Å². The molecule has 9 N–H and O–H groups in total. The third-order valence-electron chi connectivity index (χ3n) is 5.40. The summed E-state index contributed by atoms with van der Waals surface area (Å²) in [6.07, 6.45) is -1.67. The number of hydrogen-bond acceptors (Lipinski definition) is 13. The first-order chi connectivity index (χ1) is 18.0. The smallest absolute Gasteiger partial charge is 0.410 e. The van der Waals surface area contributed by atoms with Crippen LogP contribution in [-0.2, 0) is 34.3 Å². The van der Waals surface area contributed by atoms with E-state index in [2.05, 4.69) is 20.4 Å². The number of nitrogens with one attached hydrogen (secondary N) is 1. The summed E-state index contributed by atoms with van der Waals surface area (Å²) in [7, 11) is -5.08. The van der Waals surface area contributed by atoms with E-state index in [0.29, 0.717) is 0 Å². The molecule has 39 heavy (non-hydrogen) atoms. The number of aliphatic carboxylic acids is 1. The largest absolute Gasteiger partial charge is 0.478 e. The molecular weight excluding hydrogens is 566 g/mol. The summed E-state index contributed by atoms with van der Waals surface area (Å²) in [5, 5.41) is 16.4. The Bertz CT molecular complexity index is 1340. The summed E-state index contributed by atoms with van der Waals surface area (Å²) in [4.78, 5) is 63.1. The van der Waals surface area contributed by atoms with Gasteiger partial charge in [-0.3, -0.25) is 14.1 Å². The highest BCUT2D eigenvalue weighted by atomic mass is 32.2. The van der Waals surface area contributed by atoms with Crippen LogP contribution in [0.4, 0.5) is 9.93 Å². The van der Waals surface area contributed by atoms with Crippen molar-refractivity contribution in [1.82, 2.24) is 19.5 Å². The molecule has 19 nitrogen and oxygen atoms in total. The number of nitrogens with two attached hydrogens (primary N) is 3. The van der Waals surface area contributed by atoms with E-state index in [1.807, 2.05) is 0 Å². The fourth-order valence-corrected chi connectivity index (χ4v) is 4.82.